The lowest BCUT2D eigenvalue weighted by Crippen LogP contribution is -1.98. The van der Waals surface area contributed by atoms with Crippen molar-refractivity contribution in [2.45, 2.75) is 6.61 Å². The van der Waals surface area contributed by atoms with Gasteiger partial charge in [-0.25, -0.2) is 0 Å². The molecule has 0 fully saturated rings. The van der Waals surface area contributed by atoms with Crippen LogP contribution < -0.4 is 24.7 Å². The topological polar surface area (TPSA) is 62.9 Å². The van der Waals surface area contributed by atoms with Gasteiger partial charge in [0, 0.05) is 6.07 Å². The Kier molecular flexibility index (Phi) is 3.25. The van der Waals surface area contributed by atoms with Gasteiger partial charge >= 0.3 is 0 Å². The van der Waals surface area contributed by atoms with Crippen molar-refractivity contribution in [3.8, 4) is 23.0 Å². The first-order valence-corrected chi connectivity index (χ1v) is 6.21. The summed E-state index contributed by atoms with van der Waals surface area (Å²) < 4.78 is 21.4. The molecule has 3 rings (SSSR count). The Bertz CT molecular complexity index is 627. The largest absolute Gasteiger partial charge is 0.495 e. The minimum absolute atomic E-state index is 0.258. The predicted octanol–water partition coefficient (Wildman–Crippen LogP) is 2.59. The highest BCUT2D eigenvalue weighted by Gasteiger charge is 2.13. The third-order valence-electron chi connectivity index (χ3n) is 3.04. The summed E-state index contributed by atoms with van der Waals surface area (Å²) in [7, 11) is 1.59. The van der Waals surface area contributed by atoms with Gasteiger partial charge in [0.1, 0.15) is 18.1 Å². The fourth-order valence-electron chi connectivity index (χ4n) is 2.01. The van der Waals surface area contributed by atoms with Crippen LogP contribution in [0, 0.1) is 0 Å². The average molecular weight is 273 g/mol. The zero-order valence-electron chi connectivity index (χ0n) is 11.1. The van der Waals surface area contributed by atoms with Crippen LogP contribution in [-0.4, -0.2) is 13.9 Å². The number of ether oxygens (including phenoxy) is 4. The zero-order valence-corrected chi connectivity index (χ0v) is 11.1. The lowest BCUT2D eigenvalue weighted by atomic mass is 10.2. The number of hydrogen-bond donors (Lipinski definition) is 1. The molecule has 0 bridgehead atoms. The Morgan fingerprint density at radius 2 is 1.95 bits per heavy atom. The molecule has 2 aromatic rings. The summed E-state index contributed by atoms with van der Waals surface area (Å²) in [5.41, 5.74) is 7.43. The van der Waals surface area contributed by atoms with Crippen LogP contribution in [0.1, 0.15) is 5.56 Å². The fourth-order valence-corrected chi connectivity index (χ4v) is 2.01. The average Bonchev–Trinajstić information content (AvgIpc) is 2.92. The molecule has 5 heteroatoms. The number of hydrogen-bond acceptors (Lipinski definition) is 5. The third kappa shape index (κ3) is 2.42. The van der Waals surface area contributed by atoms with E-state index >= 15 is 0 Å². The summed E-state index contributed by atoms with van der Waals surface area (Å²) in [6.45, 7) is 0.682. The monoisotopic (exact) mass is 273 g/mol. The quantitative estimate of drug-likeness (QED) is 0.867. The van der Waals surface area contributed by atoms with E-state index in [4.69, 9.17) is 24.7 Å². The molecule has 20 heavy (non-hydrogen) atoms. The Labute approximate surface area is 116 Å². The number of benzene rings is 2. The van der Waals surface area contributed by atoms with E-state index in [1.165, 1.54) is 0 Å². The van der Waals surface area contributed by atoms with Gasteiger partial charge in [-0.05, 0) is 29.8 Å². The maximum atomic E-state index is 5.86. The van der Waals surface area contributed by atoms with E-state index < -0.39 is 0 Å². The van der Waals surface area contributed by atoms with Gasteiger partial charge < -0.3 is 24.7 Å². The maximum absolute atomic E-state index is 5.86. The van der Waals surface area contributed by atoms with Gasteiger partial charge in [0.25, 0.3) is 0 Å². The SMILES string of the molecule is COc1ccc(COc2ccc3c(c2)OCO3)cc1N. The highest BCUT2D eigenvalue weighted by Crippen LogP contribution is 2.35. The summed E-state index contributed by atoms with van der Waals surface area (Å²) in [5, 5.41) is 0. The molecule has 1 heterocycles. The standard InChI is InChI=1S/C15H15NO4/c1-17-13-4-2-10(6-12(13)16)8-18-11-3-5-14-15(7-11)20-9-19-14/h2-7H,8-9,16H2,1H3. The highest BCUT2D eigenvalue weighted by molar-refractivity contribution is 5.54. The molecule has 0 aromatic heterocycles. The number of nitrogen functional groups attached to an aromatic ring is 1. The van der Waals surface area contributed by atoms with Gasteiger partial charge in [0.2, 0.25) is 6.79 Å². The van der Waals surface area contributed by atoms with Crippen molar-refractivity contribution in [2.75, 3.05) is 19.6 Å². The highest BCUT2D eigenvalue weighted by atomic mass is 16.7. The molecule has 0 atom stereocenters. The van der Waals surface area contributed by atoms with Crippen molar-refractivity contribution in [3.63, 3.8) is 0 Å². The van der Waals surface area contributed by atoms with E-state index in [0.717, 1.165) is 17.1 Å². The van der Waals surface area contributed by atoms with E-state index in [1.54, 1.807) is 7.11 Å². The summed E-state index contributed by atoms with van der Waals surface area (Å²) >= 11 is 0. The number of methoxy groups -OCH3 is 1. The minimum atomic E-state index is 0.258. The lowest BCUT2D eigenvalue weighted by Gasteiger charge is -2.09. The van der Waals surface area contributed by atoms with Crippen LogP contribution in [-0.2, 0) is 6.61 Å². The molecule has 104 valence electrons. The van der Waals surface area contributed by atoms with Crippen LogP contribution in [0.2, 0.25) is 0 Å². The Hall–Kier alpha value is -2.56. The van der Waals surface area contributed by atoms with E-state index in [0.29, 0.717) is 23.8 Å². The molecule has 0 radical (unpaired) electrons. The van der Waals surface area contributed by atoms with Gasteiger partial charge in [-0.1, -0.05) is 6.07 Å². The van der Waals surface area contributed by atoms with Crippen molar-refractivity contribution < 1.29 is 18.9 Å². The van der Waals surface area contributed by atoms with Crippen molar-refractivity contribution in [3.05, 3.63) is 42.0 Å². The Morgan fingerprint density at radius 1 is 1.10 bits per heavy atom. The first-order chi connectivity index (χ1) is 9.76. The van der Waals surface area contributed by atoms with Gasteiger partial charge in [0.15, 0.2) is 11.5 Å². The van der Waals surface area contributed by atoms with Crippen molar-refractivity contribution in [2.24, 2.45) is 0 Å². The van der Waals surface area contributed by atoms with E-state index in [2.05, 4.69) is 0 Å². The number of fused-ring (bicyclic) bond motifs is 1. The van der Waals surface area contributed by atoms with Crippen LogP contribution in [0.5, 0.6) is 23.0 Å². The summed E-state index contributed by atoms with van der Waals surface area (Å²) in [6, 6.07) is 11.1. The fraction of sp³-hybridized carbons (Fsp3) is 0.200. The van der Waals surface area contributed by atoms with Crippen molar-refractivity contribution >= 4 is 5.69 Å². The zero-order chi connectivity index (χ0) is 13.9. The Morgan fingerprint density at radius 3 is 2.75 bits per heavy atom. The molecular weight excluding hydrogens is 258 g/mol. The first kappa shape index (κ1) is 12.5. The molecule has 0 aliphatic carbocycles. The number of rotatable bonds is 4. The summed E-state index contributed by atoms with van der Waals surface area (Å²) in [6.07, 6.45) is 0. The van der Waals surface area contributed by atoms with Crippen LogP contribution in [0.3, 0.4) is 0 Å². The molecule has 0 unspecified atom stereocenters. The second kappa shape index (κ2) is 5.21. The van der Waals surface area contributed by atoms with Gasteiger partial charge in [-0.15, -0.1) is 0 Å². The van der Waals surface area contributed by atoms with Crippen LogP contribution in [0.15, 0.2) is 36.4 Å². The van der Waals surface area contributed by atoms with Crippen LogP contribution in [0.25, 0.3) is 0 Å². The first-order valence-electron chi connectivity index (χ1n) is 6.21. The van der Waals surface area contributed by atoms with Gasteiger partial charge in [-0.2, -0.15) is 0 Å². The maximum Gasteiger partial charge on any atom is 0.231 e. The molecule has 1 aliphatic rings. The number of anilines is 1. The minimum Gasteiger partial charge on any atom is -0.495 e. The molecule has 0 spiro atoms. The predicted molar refractivity (Wildman–Crippen MR) is 74.3 cm³/mol. The molecule has 2 N–H and O–H groups in total. The van der Waals surface area contributed by atoms with Crippen LogP contribution >= 0.6 is 0 Å². The smallest absolute Gasteiger partial charge is 0.231 e. The number of nitrogens with two attached hydrogens (primary N) is 1. The molecule has 2 aromatic carbocycles. The van der Waals surface area contributed by atoms with E-state index in [1.807, 2.05) is 36.4 Å². The van der Waals surface area contributed by atoms with Crippen molar-refractivity contribution in [1.29, 1.82) is 0 Å². The van der Waals surface area contributed by atoms with Gasteiger partial charge in [0.05, 0.1) is 12.8 Å². The Balaban J connectivity index is 1.69. The molecule has 5 nitrogen and oxygen atoms in total. The lowest BCUT2D eigenvalue weighted by molar-refractivity contribution is 0.173. The third-order valence-corrected chi connectivity index (χ3v) is 3.04. The van der Waals surface area contributed by atoms with Gasteiger partial charge in [-0.3, -0.25) is 0 Å². The van der Waals surface area contributed by atoms with E-state index in [9.17, 15) is 0 Å². The summed E-state index contributed by atoms with van der Waals surface area (Å²) in [5.74, 6) is 2.84. The second-order valence-electron chi connectivity index (χ2n) is 4.38. The molecule has 0 amide bonds. The summed E-state index contributed by atoms with van der Waals surface area (Å²) in [4.78, 5) is 0. The van der Waals surface area contributed by atoms with Crippen molar-refractivity contribution in [1.82, 2.24) is 0 Å². The molecule has 0 saturated heterocycles. The molecular formula is C15H15NO4. The van der Waals surface area contributed by atoms with Crippen LogP contribution in [0.4, 0.5) is 5.69 Å². The molecule has 0 saturated carbocycles. The second-order valence-corrected chi connectivity index (χ2v) is 4.38. The molecule has 1 aliphatic heterocycles. The van der Waals surface area contributed by atoms with E-state index in [-0.39, 0.29) is 6.79 Å². The normalized spacial score (nSPS) is 12.2.